The quantitative estimate of drug-likeness (QED) is 0.345. The molecule has 1 rings (SSSR count). The van der Waals surface area contributed by atoms with Gasteiger partial charge in [0.05, 0.1) is 40.0 Å². The van der Waals surface area contributed by atoms with Crippen LogP contribution < -0.4 is 10.5 Å². The smallest absolute Gasteiger partial charge is 0.145 e. The molecule has 90 valence electrons. The number of quaternary nitrogens is 1. The Hall–Kier alpha value is -1.42. The van der Waals surface area contributed by atoms with E-state index in [0.717, 1.165) is 17.4 Å². The summed E-state index contributed by atoms with van der Waals surface area (Å²) in [6.07, 6.45) is 0.957. The Morgan fingerprint density at radius 1 is 1.31 bits per heavy atom. The van der Waals surface area contributed by atoms with E-state index in [0.29, 0.717) is 18.0 Å². The number of phenolic OH excluding ortho intramolecular Hbond substituents is 1. The SMILES string of the molecule is C[N+](C)(C)CCCOc1cc(O)ccc1N. The summed E-state index contributed by atoms with van der Waals surface area (Å²) in [6, 6.07) is 4.74. The van der Waals surface area contributed by atoms with E-state index >= 15 is 0 Å². The fourth-order valence-corrected chi connectivity index (χ4v) is 1.37. The van der Waals surface area contributed by atoms with Crippen molar-refractivity contribution in [2.45, 2.75) is 6.42 Å². The molecule has 0 aliphatic carbocycles. The molecule has 0 aliphatic rings. The lowest BCUT2D eigenvalue weighted by Crippen LogP contribution is -2.35. The molecule has 0 bridgehead atoms. The Bertz CT molecular complexity index is 345. The number of aromatic hydroxyl groups is 1. The van der Waals surface area contributed by atoms with Crippen LogP contribution in [0.5, 0.6) is 11.5 Å². The van der Waals surface area contributed by atoms with E-state index in [-0.39, 0.29) is 5.75 Å². The molecule has 0 aliphatic heterocycles. The molecule has 0 saturated carbocycles. The molecule has 1 aromatic rings. The molecule has 4 heteroatoms. The standard InChI is InChI=1S/C12H20N2O2/c1-14(2,3)7-4-8-16-12-9-10(15)5-6-11(12)13/h5-6,9H,4,7-8,13H2,1-3H3/p+1. The van der Waals surface area contributed by atoms with Crippen LogP contribution in [0, 0.1) is 0 Å². The van der Waals surface area contributed by atoms with E-state index in [9.17, 15) is 5.11 Å². The zero-order chi connectivity index (χ0) is 12.2. The number of nitrogens with two attached hydrogens (primary N) is 1. The minimum Gasteiger partial charge on any atom is -0.508 e. The van der Waals surface area contributed by atoms with Gasteiger partial charge in [-0.1, -0.05) is 0 Å². The summed E-state index contributed by atoms with van der Waals surface area (Å²) >= 11 is 0. The number of phenols is 1. The number of anilines is 1. The maximum Gasteiger partial charge on any atom is 0.145 e. The summed E-state index contributed by atoms with van der Waals surface area (Å²) in [7, 11) is 6.42. The van der Waals surface area contributed by atoms with Gasteiger partial charge in [-0.3, -0.25) is 0 Å². The first kappa shape index (κ1) is 12.6. The van der Waals surface area contributed by atoms with Crippen molar-refractivity contribution < 1.29 is 14.3 Å². The van der Waals surface area contributed by atoms with Crippen molar-refractivity contribution in [3.8, 4) is 11.5 Å². The van der Waals surface area contributed by atoms with Gasteiger partial charge in [0.25, 0.3) is 0 Å². The zero-order valence-corrected chi connectivity index (χ0v) is 10.2. The van der Waals surface area contributed by atoms with E-state index < -0.39 is 0 Å². The van der Waals surface area contributed by atoms with Crippen LogP contribution in [0.2, 0.25) is 0 Å². The van der Waals surface area contributed by atoms with E-state index in [1.54, 1.807) is 18.2 Å². The van der Waals surface area contributed by atoms with Gasteiger partial charge in [-0.2, -0.15) is 0 Å². The van der Waals surface area contributed by atoms with Gasteiger partial charge < -0.3 is 20.1 Å². The molecule has 0 spiro atoms. The predicted molar refractivity (Wildman–Crippen MR) is 65.5 cm³/mol. The number of rotatable bonds is 5. The molecule has 0 atom stereocenters. The minimum absolute atomic E-state index is 0.177. The van der Waals surface area contributed by atoms with Crippen LogP contribution in [-0.2, 0) is 0 Å². The fraction of sp³-hybridized carbons (Fsp3) is 0.500. The van der Waals surface area contributed by atoms with Gasteiger partial charge >= 0.3 is 0 Å². The average molecular weight is 225 g/mol. The molecule has 4 nitrogen and oxygen atoms in total. The first-order chi connectivity index (χ1) is 7.38. The molecular weight excluding hydrogens is 204 g/mol. The summed E-state index contributed by atoms with van der Waals surface area (Å²) in [5.74, 6) is 0.734. The highest BCUT2D eigenvalue weighted by Gasteiger charge is 2.07. The third-order valence-electron chi connectivity index (χ3n) is 2.23. The normalized spacial score (nSPS) is 11.4. The minimum atomic E-state index is 0.177. The lowest BCUT2D eigenvalue weighted by Gasteiger charge is -2.23. The summed E-state index contributed by atoms with van der Waals surface area (Å²) < 4.78 is 6.43. The molecule has 0 aromatic heterocycles. The maximum absolute atomic E-state index is 9.28. The van der Waals surface area contributed by atoms with Crippen molar-refractivity contribution in [1.29, 1.82) is 0 Å². The maximum atomic E-state index is 9.28. The van der Waals surface area contributed by atoms with E-state index in [2.05, 4.69) is 21.1 Å². The molecule has 1 aromatic carbocycles. The Labute approximate surface area is 96.8 Å². The summed E-state index contributed by atoms with van der Waals surface area (Å²) in [5, 5.41) is 9.28. The number of benzene rings is 1. The zero-order valence-electron chi connectivity index (χ0n) is 10.2. The number of nitrogens with zero attached hydrogens (tertiary/aromatic N) is 1. The van der Waals surface area contributed by atoms with Crippen LogP contribution in [0.1, 0.15) is 6.42 Å². The highest BCUT2D eigenvalue weighted by Crippen LogP contribution is 2.25. The van der Waals surface area contributed by atoms with Gasteiger partial charge in [0.15, 0.2) is 0 Å². The number of ether oxygens (including phenoxy) is 1. The second-order valence-corrected chi connectivity index (χ2v) is 4.94. The van der Waals surface area contributed by atoms with Crippen LogP contribution in [0.3, 0.4) is 0 Å². The van der Waals surface area contributed by atoms with Crippen molar-refractivity contribution in [3.05, 3.63) is 18.2 Å². The Kier molecular flexibility index (Phi) is 4.01. The summed E-state index contributed by atoms with van der Waals surface area (Å²) in [4.78, 5) is 0. The van der Waals surface area contributed by atoms with Crippen molar-refractivity contribution in [2.75, 3.05) is 40.0 Å². The van der Waals surface area contributed by atoms with Crippen LogP contribution in [0.4, 0.5) is 5.69 Å². The fourth-order valence-electron chi connectivity index (χ4n) is 1.37. The topological polar surface area (TPSA) is 55.5 Å². The van der Waals surface area contributed by atoms with E-state index in [4.69, 9.17) is 10.5 Å². The summed E-state index contributed by atoms with van der Waals surface area (Å²) in [6.45, 7) is 1.65. The Morgan fingerprint density at radius 3 is 2.62 bits per heavy atom. The summed E-state index contributed by atoms with van der Waals surface area (Å²) in [5.41, 5.74) is 6.28. The number of hydrogen-bond donors (Lipinski definition) is 2. The van der Waals surface area contributed by atoms with Crippen LogP contribution in [-0.4, -0.2) is 43.9 Å². The molecule has 0 heterocycles. The van der Waals surface area contributed by atoms with Crippen LogP contribution in [0.15, 0.2) is 18.2 Å². The molecular formula is C12H21N2O2+. The monoisotopic (exact) mass is 225 g/mol. The molecule has 0 amide bonds. The Balaban J connectivity index is 2.40. The molecule has 0 fully saturated rings. The molecule has 3 N–H and O–H groups in total. The Morgan fingerprint density at radius 2 is 2.00 bits per heavy atom. The third kappa shape index (κ3) is 4.40. The van der Waals surface area contributed by atoms with Gasteiger partial charge in [-0.05, 0) is 12.1 Å². The first-order valence-electron chi connectivity index (χ1n) is 5.40. The number of nitrogen functional groups attached to an aromatic ring is 1. The molecule has 0 unspecified atom stereocenters. The van der Waals surface area contributed by atoms with Gasteiger partial charge in [0.2, 0.25) is 0 Å². The van der Waals surface area contributed by atoms with Crippen molar-refractivity contribution in [3.63, 3.8) is 0 Å². The van der Waals surface area contributed by atoms with Crippen LogP contribution >= 0.6 is 0 Å². The highest BCUT2D eigenvalue weighted by molar-refractivity contribution is 5.55. The average Bonchev–Trinajstić information content (AvgIpc) is 2.16. The molecule has 0 saturated heterocycles. The first-order valence-corrected chi connectivity index (χ1v) is 5.40. The van der Waals surface area contributed by atoms with Gasteiger partial charge in [-0.15, -0.1) is 0 Å². The lowest BCUT2D eigenvalue weighted by molar-refractivity contribution is -0.870. The van der Waals surface area contributed by atoms with E-state index in [1.165, 1.54) is 0 Å². The second kappa shape index (κ2) is 5.07. The third-order valence-corrected chi connectivity index (χ3v) is 2.23. The van der Waals surface area contributed by atoms with Crippen molar-refractivity contribution >= 4 is 5.69 Å². The second-order valence-electron chi connectivity index (χ2n) is 4.94. The van der Waals surface area contributed by atoms with Gasteiger partial charge in [-0.25, -0.2) is 0 Å². The van der Waals surface area contributed by atoms with Crippen molar-refractivity contribution in [2.24, 2.45) is 0 Å². The largest absolute Gasteiger partial charge is 0.508 e. The molecule has 16 heavy (non-hydrogen) atoms. The highest BCUT2D eigenvalue weighted by atomic mass is 16.5. The molecule has 0 radical (unpaired) electrons. The van der Waals surface area contributed by atoms with E-state index in [1.807, 2.05) is 0 Å². The predicted octanol–water partition coefficient (Wildman–Crippen LogP) is 1.45. The van der Waals surface area contributed by atoms with Crippen molar-refractivity contribution in [1.82, 2.24) is 0 Å². The van der Waals surface area contributed by atoms with Gasteiger partial charge in [0, 0.05) is 12.5 Å². The van der Waals surface area contributed by atoms with Gasteiger partial charge in [0.1, 0.15) is 11.5 Å². The lowest BCUT2D eigenvalue weighted by atomic mass is 10.3. The van der Waals surface area contributed by atoms with Crippen LogP contribution in [0.25, 0.3) is 0 Å². The number of hydrogen-bond acceptors (Lipinski definition) is 3.